The van der Waals surface area contributed by atoms with Gasteiger partial charge in [0.25, 0.3) is 0 Å². The van der Waals surface area contributed by atoms with Crippen molar-refractivity contribution in [2.75, 3.05) is 13.1 Å². The Bertz CT molecular complexity index is 105. The molecular weight excluding hydrogens is 146 g/mol. The van der Waals surface area contributed by atoms with Gasteiger partial charge < -0.3 is 4.90 Å². The lowest BCUT2D eigenvalue weighted by Crippen LogP contribution is -2.40. The first-order valence-electron chi connectivity index (χ1n) is 5.52. The average Bonchev–Trinajstić information content (AvgIpc) is 2.21. The molecule has 69 valence electrons. The van der Waals surface area contributed by atoms with Gasteiger partial charge in [-0.15, -0.1) is 0 Å². The van der Waals surface area contributed by atoms with Crippen LogP contribution in [0.3, 0.4) is 0 Å². The molecule has 2 aliphatic rings. The van der Waals surface area contributed by atoms with E-state index in [9.17, 15) is 0 Å². The molecular formula is C11H20N. The summed E-state index contributed by atoms with van der Waals surface area (Å²) in [4.78, 5) is 2.72. The highest BCUT2D eigenvalue weighted by Crippen LogP contribution is 2.24. The topological polar surface area (TPSA) is 3.24 Å². The van der Waals surface area contributed by atoms with Crippen molar-refractivity contribution in [3.8, 4) is 0 Å². The highest BCUT2D eigenvalue weighted by atomic mass is 15.2. The van der Waals surface area contributed by atoms with Crippen LogP contribution in [0.1, 0.15) is 44.9 Å². The summed E-state index contributed by atoms with van der Waals surface area (Å²) in [7, 11) is 0. The summed E-state index contributed by atoms with van der Waals surface area (Å²) >= 11 is 0. The van der Waals surface area contributed by atoms with Gasteiger partial charge in [0.1, 0.15) is 0 Å². The minimum atomic E-state index is 0.951. The summed E-state index contributed by atoms with van der Waals surface area (Å²) in [6, 6.07) is 0.951. The second-order valence-corrected chi connectivity index (χ2v) is 4.19. The lowest BCUT2D eigenvalue weighted by molar-refractivity contribution is 0.144. The van der Waals surface area contributed by atoms with Crippen LogP contribution < -0.4 is 0 Å². The molecule has 0 amide bonds. The van der Waals surface area contributed by atoms with Crippen molar-refractivity contribution < 1.29 is 0 Å². The van der Waals surface area contributed by atoms with E-state index in [0.29, 0.717) is 0 Å². The third-order valence-electron chi connectivity index (χ3n) is 3.33. The molecule has 2 rings (SSSR count). The van der Waals surface area contributed by atoms with Crippen LogP contribution in [0.4, 0.5) is 0 Å². The molecule has 0 atom stereocenters. The number of nitrogens with zero attached hydrogens (tertiary/aromatic N) is 1. The van der Waals surface area contributed by atoms with Gasteiger partial charge in [-0.3, -0.25) is 0 Å². The van der Waals surface area contributed by atoms with Crippen LogP contribution in [-0.4, -0.2) is 24.0 Å². The largest absolute Gasteiger partial charge is 0.300 e. The van der Waals surface area contributed by atoms with Gasteiger partial charge in [-0.2, -0.15) is 0 Å². The Kier molecular flexibility index (Phi) is 3.04. The molecule has 1 saturated heterocycles. The fourth-order valence-corrected chi connectivity index (χ4v) is 2.58. The SMILES string of the molecule is [CH]1CCN(C2CCCCC2)CC1. The maximum absolute atomic E-state index is 2.72. The van der Waals surface area contributed by atoms with Gasteiger partial charge in [-0.05, 0) is 45.2 Å². The van der Waals surface area contributed by atoms with Crippen LogP contribution in [-0.2, 0) is 0 Å². The normalized spacial score (nSPS) is 29.0. The van der Waals surface area contributed by atoms with Crippen LogP contribution in [0, 0.1) is 6.42 Å². The van der Waals surface area contributed by atoms with Gasteiger partial charge in [0.2, 0.25) is 0 Å². The molecule has 0 N–H and O–H groups in total. The monoisotopic (exact) mass is 166 g/mol. The first-order valence-corrected chi connectivity index (χ1v) is 5.52. The zero-order chi connectivity index (χ0) is 8.23. The molecule has 1 aliphatic carbocycles. The second kappa shape index (κ2) is 4.27. The summed E-state index contributed by atoms with van der Waals surface area (Å²) in [6.45, 7) is 2.68. The predicted octanol–water partition coefficient (Wildman–Crippen LogP) is 2.62. The lowest BCUT2D eigenvalue weighted by atomic mass is 9.93. The van der Waals surface area contributed by atoms with E-state index in [2.05, 4.69) is 11.3 Å². The smallest absolute Gasteiger partial charge is 0.00952 e. The van der Waals surface area contributed by atoms with Gasteiger partial charge in [0.15, 0.2) is 0 Å². The second-order valence-electron chi connectivity index (χ2n) is 4.19. The van der Waals surface area contributed by atoms with Gasteiger partial charge in [-0.25, -0.2) is 0 Å². The van der Waals surface area contributed by atoms with Crippen molar-refractivity contribution >= 4 is 0 Å². The quantitative estimate of drug-likeness (QED) is 0.579. The molecule has 1 nitrogen and oxygen atoms in total. The fourth-order valence-electron chi connectivity index (χ4n) is 2.58. The highest BCUT2D eigenvalue weighted by molar-refractivity contribution is 4.83. The van der Waals surface area contributed by atoms with Crippen molar-refractivity contribution in [1.82, 2.24) is 4.90 Å². The summed E-state index contributed by atoms with van der Waals surface area (Å²) in [5, 5.41) is 0. The van der Waals surface area contributed by atoms with Crippen molar-refractivity contribution in [3.63, 3.8) is 0 Å². The lowest BCUT2D eigenvalue weighted by Gasteiger charge is -2.36. The summed E-state index contributed by atoms with van der Waals surface area (Å²) in [5.74, 6) is 0. The van der Waals surface area contributed by atoms with E-state index in [1.54, 1.807) is 0 Å². The van der Waals surface area contributed by atoms with E-state index in [1.165, 1.54) is 58.0 Å². The minimum Gasteiger partial charge on any atom is -0.300 e. The summed E-state index contributed by atoms with van der Waals surface area (Å²) < 4.78 is 0. The third-order valence-corrected chi connectivity index (χ3v) is 3.33. The molecule has 0 aromatic heterocycles. The zero-order valence-electron chi connectivity index (χ0n) is 7.97. The Labute approximate surface area is 76.1 Å². The third kappa shape index (κ3) is 2.01. The van der Waals surface area contributed by atoms with E-state index in [4.69, 9.17) is 0 Å². The summed E-state index contributed by atoms with van der Waals surface area (Å²) in [6.07, 6.45) is 12.5. The number of likely N-dealkylation sites (tertiary alicyclic amines) is 1. The maximum Gasteiger partial charge on any atom is 0.00952 e. The average molecular weight is 166 g/mol. The molecule has 12 heavy (non-hydrogen) atoms. The van der Waals surface area contributed by atoms with E-state index >= 15 is 0 Å². The fraction of sp³-hybridized carbons (Fsp3) is 0.909. The molecule has 0 bridgehead atoms. The molecule has 1 aliphatic heterocycles. The molecule has 0 spiro atoms. The van der Waals surface area contributed by atoms with Crippen LogP contribution in [0.2, 0.25) is 0 Å². The van der Waals surface area contributed by atoms with Crippen LogP contribution in [0.25, 0.3) is 0 Å². The minimum absolute atomic E-state index is 0.951. The molecule has 1 heterocycles. The number of piperidine rings is 1. The van der Waals surface area contributed by atoms with Crippen molar-refractivity contribution in [2.24, 2.45) is 0 Å². The van der Waals surface area contributed by atoms with E-state index in [0.717, 1.165) is 6.04 Å². The number of rotatable bonds is 1. The van der Waals surface area contributed by atoms with Crippen LogP contribution in [0.5, 0.6) is 0 Å². The Balaban J connectivity index is 1.80. The standard InChI is InChI=1S/C11H20N/c1-3-7-11(8-4-1)12-9-5-2-6-10-12/h2,11H,1,3-10H2. The number of hydrogen-bond acceptors (Lipinski definition) is 1. The maximum atomic E-state index is 2.72. The van der Waals surface area contributed by atoms with Crippen molar-refractivity contribution in [1.29, 1.82) is 0 Å². The molecule has 1 radical (unpaired) electrons. The molecule has 0 aromatic rings. The van der Waals surface area contributed by atoms with Gasteiger partial charge in [0.05, 0.1) is 0 Å². The van der Waals surface area contributed by atoms with E-state index in [-0.39, 0.29) is 0 Å². The van der Waals surface area contributed by atoms with Gasteiger partial charge in [0, 0.05) is 6.04 Å². The molecule has 1 saturated carbocycles. The first-order chi connectivity index (χ1) is 5.97. The molecule has 0 unspecified atom stereocenters. The van der Waals surface area contributed by atoms with Crippen LogP contribution >= 0.6 is 0 Å². The van der Waals surface area contributed by atoms with Gasteiger partial charge in [-0.1, -0.05) is 19.3 Å². The Morgan fingerprint density at radius 3 is 2.25 bits per heavy atom. The molecule has 0 aromatic carbocycles. The number of hydrogen-bond donors (Lipinski definition) is 0. The first kappa shape index (κ1) is 8.55. The molecule has 2 fully saturated rings. The zero-order valence-corrected chi connectivity index (χ0v) is 7.97. The molecule has 1 heteroatoms. The Hall–Kier alpha value is -0.0400. The Morgan fingerprint density at radius 1 is 0.917 bits per heavy atom. The highest BCUT2D eigenvalue weighted by Gasteiger charge is 2.21. The predicted molar refractivity (Wildman–Crippen MR) is 52.0 cm³/mol. The van der Waals surface area contributed by atoms with E-state index < -0.39 is 0 Å². The van der Waals surface area contributed by atoms with Crippen molar-refractivity contribution in [2.45, 2.75) is 51.0 Å². The van der Waals surface area contributed by atoms with Gasteiger partial charge >= 0.3 is 0 Å². The Morgan fingerprint density at radius 2 is 1.58 bits per heavy atom. The van der Waals surface area contributed by atoms with E-state index in [1.807, 2.05) is 0 Å². The van der Waals surface area contributed by atoms with Crippen molar-refractivity contribution in [3.05, 3.63) is 6.42 Å². The van der Waals surface area contributed by atoms with Crippen LogP contribution in [0.15, 0.2) is 0 Å². The summed E-state index contributed by atoms with van der Waals surface area (Å²) in [5.41, 5.74) is 0.